The summed E-state index contributed by atoms with van der Waals surface area (Å²) in [6, 6.07) is 0. The molecular weight excluding hydrogens is 144 g/mol. The van der Waals surface area contributed by atoms with E-state index in [0.29, 0.717) is 0 Å². The molecule has 2 unspecified atom stereocenters. The number of hydrogen-bond donors (Lipinski definition) is 0. The second-order valence-corrected chi connectivity index (χ2v) is 3.46. The van der Waals surface area contributed by atoms with Crippen LogP contribution < -0.4 is 0 Å². The second kappa shape index (κ2) is 3.43. The van der Waals surface area contributed by atoms with Crippen LogP contribution in [-0.2, 0) is 0 Å². The van der Waals surface area contributed by atoms with Gasteiger partial charge in [0.1, 0.15) is 0 Å². The topological polar surface area (TPSA) is 0 Å². The lowest BCUT2D eigenvalue weighted by Gasteiger charge is -2.29. The lowest BCUT2D eigenvalue weighted by atomic mass is 9.76. The fourth-order valence-electron chi connectivity index (χ4n) is 2.18. The summed E-state index contributed by atoms with van der Waals surface area (Å²) in [5.41, 5.74) is 0. The average Bonchev–Trinajstić information content (AvgIpc) is 1.88. The average molecular weight is 159 g/mol. The molecule has 0 saturated heterocycles. The number of rotatable bonds is 0. The van der Waals surface area contributed by atoms with E-state index in [-0.39, 0.29) is 12.4 Å². The van der Waals surface area contributed by atoms with Crippen LogP contribution in [-0.4, -0.2) is 0 Å². The second-order valence-electron chi connectivity index (χ2n) is 3.46. The van der Waals surface area contributed by atoms with E-state index in [1.165, 1.54) is 32.1 Å². The number of halogens is 1. The Morgan fingerprint density at radius 1 is 1.20 bits per heavy atom. The Bertz CT molecular complexity index is 129. The molecule has 2 aliphatic rings. The third-order valence-corrected chi connectivity index (χ3v) is 2.70. The molecule has 1 saturated carbocycles. The first-order valence-electron chi connectivity index (χ1n) is 4.12. The van der Waals surface area contributed by atoms with Crippen molar-refractivity contribution in [1.29, 1.82) is 0 Å². The Hall–Kier alpha value is 0.0300. The molecule has 2 atom stereocenters. The van der Waals surface area contributed by atoms with Gasteiger partial charge in [-0.15, -0.1) is 12.4 Å². The molecule has 58 valence electrons. The summed E-state index contributed by atoms with van der Waals surface area (Å²) in [6.07, 6.45) is 12.1. The van der Waals surface area contributed by atoms with Crippen molar-refractivity contribution in [2.45, 2.75) is 32.1 Å². The molecule has 10 heavy (non-hydrogen) atoms. The number of fused-ring (bicyclic) bond motifs is 2. The monoisotopic (exact) mass is 158 g/mol. The van der Waals surface area contributed by atoms with Crippen LogP contribution in [0.3, 0.4) is 0 Å². The first-order valence-corrected chi connectivity index (χ1v) is 4.12. The Labute approximate surface area is 69.1 Å². The van der Waals surface area contributed by atoms with Gasteiger partial charge in [-0.1, -0.05) is 25.0 Å². The molecule has 0 aromatic carbocycles. The maximum Gasteiger partial charge on any atom is -0.0231 e. The molecule has 0 radical (unpaired) electrons. The standard InChI is InChI=1S/C9H14.ClH/c1-3-8-5-2-6-9(4-1)7-8;/h1,3,8-9H,2,4-7H2;1H. The van der Waals surface area contributed by atoms with E-state index in [9.17, 15) is 0 Å². The Morgan fingerprint density at radius 2 is 2.10 bits per heavy atom. The van der Waals surface area contributed by atoms with Crippen molar-refractivity contribution < 1.29 is 0 Å². The van der Waals surface area contributed by atoms with Crippen molar-refractivity contribution in [1.82, 2.24) is 0 Å². The van der Waals surface area contributed by atoms with E-state index in [0.717, 1.165) is 11.8 Å². The molecule has 0 N–H and O–H groups in total. The lowest BCUT2D eigenvalue weighted by molar-refractivity contribution is 0.291. The van der Waals surface area contributed by atoms with E-state index in [1.54, 1.807) is 0 Å². The predicted octanol–water partition coefficient (Wildman–Crippen LogP) is 3.17. The minimum absolute atomic E-state index is 0. The van der Waals surface area contributed by atoms with Crippen LogP contribution in [0.1, 0.15) is 32.1 Å². The summed E-state index contributed by atoms with van der Waals surface area (Å²) in [6.45, 7) is 0. The van der Waals surface area contributed by atoms with Gasteiger partial charge in [0.05, 0.1) is 0 Å². The van der Waals surface area contributed by atoms with Crippen molar-refractivity contribution in [2.75, 3.05) is 0 Å². The fourth-order valence-corrected chi connectivity index (χ4v) is 2.18. The molecule has 2 rings (SSSR count). The van der Waals surface area contributed by atoms with E-state index in [2.05, 4.69) is 12.2 Å². The highest BCUT2D eigenvalue weighted by molar-refractivity contribution is 5.85. The quantitative estimate of drug-likeness (QED) is 0.475. The molecule has 0 heterocycles. The summed E-state index contributed by atoms with van der Waals surface area (Å²) < 4.78 is 0. The normalized spacial score (nSPS) is 36.8. The minimum Gasteiger partial charge on any atom is -0.147 e. The van der Waals surface area contributed by atoms with Gasteiger partial charge >= 0.3 is 0 Å². The largest absolute Gasteiger partial charge is 0.147 e. The summed E-state index contributed by atoms with van der Waals surface area (Å²) in [4.78, 5) is 0. The molecule has 1 heteroatoms. The summed E-state index contributed by atoms with van der Waals surface area (Å²) >= 11 is 0. The van der Waals surface area contributed by atoms with E-state index in [1.807, 2.05) is 0 Å². The van der Waals surface area contributed by atoms with Gasteiger partial charge < -0.3 is 0 Å². The fraction of sp³-hybridized carbons (Fsp3) is 0.778. The highest BCUT2D eigenvalue weighted by Gasteiger charge is 2.21. The number of hydrogen-bond acceptors (Lipinski definition) is 0. The van der Waals surface area contributed by atoms with E-state index < -0.39 is 0 Å². The van der Waals surface area contributed by atoms with Crippen LogP contribution in [0, 0.1) is 11.8 Å². The van der Waals surface area contributed by atoms with Gasteiger partial charge in [-0.2, -0.15) is 0 Å². The third-order valence-electron chi connectivity index (χ3n) is 2.70. The SMILES string of the molecule is C1=CC2CCCC(C1)C2.Cl. The van der Waals surface area contributed by atoms with Crippen molar-refractivity contribution in [3.8, 4) is 0 Å². The van der Waals surface area contributed by atoms with Gasteiger partial charge in [-0.3, -0.25) is 0 Å². The molecule has 0 aromatic heterocycles. The first-order chi connectivity index (χ1) is 4.45. The molecule has 0 aromatic rings. The van der Waals surface area contributed by atoms with Gasteiger partial charge in [-0.05, 0) is 31.1 Å². The maximum absolute atomic E-state index is 2.43. The van der Waals surface area contributed by atoms with Crippen LogP contribution in [0.4, 0.5) is 0 Å². The van der Waals surface area contributed by atoms with Crippen molar-refractivity contribution in [3.63, 3.8) is 0 Å². The molecule has 2 bridgehead atoms. The Kier molecular flexibility index (Phi) is 2.79. The minimum atomic E-state index is 0. The lowest BCUT2D eigenvalue weighted by Crippen LogP contribution is -2.16. The van der Waals surface area contributed by atoms with Crippen LogP contribution >= 0.6 is 12.4 Å². The van der Waals surface area contributed by atoms with Crippen molar-refractivity contribution >= 4 is 12.4 Å². The van der Waals surface area contributed by atoms with E-state index >= 15 is 0 Å². The van der Waals surface area contributed by atoms with Gasteiger partial charge in [0.15, 0.2) is 0 Å². The zero-order valence-corrected chi connectivity index (χ0v) is 7.07. The summed E-state index contributed by atoms with van der Waals surface area (Å²) in [7, 11) is 0. The van der Waals surface area contributed by atoms with Crippen LogP contribution in [0.25, 0.3) is 0 Å². The van der Waals surface area contributed by atoms with Crippen LogP contribution in [0.2, 0.25) is 0 Å². The molecule has 0 spiro atoms. The third kappa shape index (κ3) is 1.54. The highest BCUT2D eigenvalue weighted by atomic mass is 35.5. The Balaban J connectivity index is 0.000000500. The highest BCUT2D eigenvalue weighted by Crippen LogP contribution is 2.35. The smallest absolute Gasteiger partial charge is 0.0231 e. The van der Waals surface area contributed by atoms with E-state index in [4.69, 9.17) is 0 Å². The van der Waals surface area contributed by atoms with Crippen LogP contribution in [0.5, 0.6) is 0 Å². The van der Waals surface area contributed by atoms with Crippen molar-refractivity contribution in [2.24, 2.45) is 11.8 Å². The van der Waals surface area contributed by atoms with Gasteiger partial charge in [0, 0.05) is 0 Å². The molecular formula is C9H15Cl. The molecule has 1 fully saturated rings. The zero-order valence-electron chi connectivity index (χ0n) is 6.25. The molecule has 0 aliphatic heterocycles. The summed E-state index contributed by atoms with van der Waals surface area (Å²) in [5, 5.41) is 0. The Morgan fingerprint density at radius 3 is 2.80 bits per heavy atom. The first kappa shape index (κ1) is 8.13. The summed E-state index contributed by atoms with van der Waals surface area (Å²) in [5.74, 6) is 2.03. The van der Waals surface area contributed by atoms with Crippen molar-refractivity contribution in [3.05, 3.63) is 12.2 Å². The molecule has 0 nitrogen and oxygen atoms in total. The molecule has 2 aliphatic carbocycles. The van der Waals surface area contributed by atoms with Crippen LogP contribution in [0.15, 0.2) is 12.2 Å². The molecule has 0 amide bonds. The van der Waals surface area contributed by atoms with Gasteiger partial charge in [0.25, 0.3) is 0 Å². The van der Waals surface area contributed by atoms with Gasteiger partial charge in [0.2, 0.25) is 0 Å². The zero-order chi connectivity index (χ0) is 6.10. The van der Waals surface area contributed by atoms with Gasteiger partial charge in [-0.25, -0.2) is 0 Å². The maximum atomic E-state index is 2.43. The number of allylic oxidation sites excluding steroid dienone is 2. The predicted molar refractivity (Wildman–Crippen MR) is 46.5 cm³/mol.